The molecule has 7 heteroatoms. The van der Waals surface area contributed by atoms with E-state index in [0.29, 0.717) is 32.2 Å². The Labute approximate surface area is 250 Å². The topological polar surface area (TPSA) is 95.9 Å². The molecule has 1 aliphatic heterocycles. The Kier molecular flexibility index (Phi) is 12.1. The molecule has 0 spiro atoms. The number of ether oxygens (including phenoxy) is 1. The molecule has 4 atom stereocenters. The number of aliphatic hydroxyl groups is 1. The first-order valence-electron chi connectivity index (χ1n) is 14.8. The molecule has 1 heterocycles. The molecular formula is C35H46N2O5. The second-order valence-electron chi connectivity index (χ2n) is 12.2. The van der Waals surface area contributed by atoms with Gasteiger partial charge in [0.05, 0.1) is 30.5 Å². The van der Waals surface area contributed by atoms with Crippen LogP contribution in [-0.2, 0) is 38.5 Å². The number of fused-ring (bicyclic) bond motifs is 1. The van der Waals surface area contributed by atoms with E-state index in [1.807, 2.05) is 75.4 Å². The molecule has 1 aliphatic rings. The van der Waals surface area contributed by atoms with Crippen LogP contribution < -0.4 is 5.32 Å². The second kappa shape index (κ2) is 15.5. The summed E-state index contributed by atoms with van der Waals surface area (Å²) in [6, 6.07) is 16.9. The maximum Gasteiger partial charge on any atom is 0.309 e. The predicted molar refractivity (Wildman–Crippen MR) is 165 cm³/mol. The number of hydrogen-bond acceptors (Lipinski definition) is 5. The Morgan fingerprint density at radius 2 is 1.62 bits per heavy atom. The number of carbonyl (C=O) groups excluding carboxylic acids is 3. The van der Waals surface area contributed by atoms with Crippen LogP contribution in [0.5, 0.6) is 0 Å². The normalized spacial score (nSPS) is 16.9. The van der Waals surface area contributed by atoms with E-state index in [2.05, 4.69) is 18.5 Å². The van der Waals surface area contributed by atoms with Gasteiger partial charge in [-0.3, -0.25) is 14.4 Å². The van der Waals surface area contributed by atoms with Gasteiger partial charge in [0.1, 0.15) is 6.61 Å². The number of allylic oxidation sites excluding steroid dienone is 2. The van der Waals surface area contributed by atoms with Gasteiger partial charge in [0.25, 0.3) is 0 Å². The third kappa shape index (κ3) is 9.15. The third-order valence-electron chi connectivity index (χ3n) is 7.99. The first-order valence-corrected chi connectivity index (χ1v) is 14.8. The van der Waals surface area contributed by atoms with Crippen molar-refractivity contribution in [2.75, 3.05) is 13.2 Å². The average molecular weight is 575 g/mol. The van der Waals surface area contributed by atoms with Gasteiger partial charge in [-0.2, -0.15) is 0 Å². The highest BCUT2D eigenvalue weighted by molar-refractivity contribution is 5.86. The smallest absolute Gasteiger partial charge is 0.309 e. The van der Waals surface area contributed by atoms with E-state index >= 15 is 0 Å². The summed E-state index contributed by atoms with van der Waals surface area (Å²) in [7, 11) is 0. The molecule has 0 unspecified atom stereocenters. The van der Waals surface area contributed by atoms with Gasteiger partial charge >= 0.3 is 5.97 Å². The number of esters is 1. The third-order valence-corrected chi connectivity index (χ3v) is 7.99. The van der Waals surface area contributed by atoms with Gasteiger partial charge < -0.3 is 20.1 Å². The van der Waals surface area contributed by atoms with Gasteiger partial charge in [0.15, 0.2) is 0 Å². The van der Waals surface area contributed by atoms with Gasteiger partial charge in [-0.05, 0) is 47.8 Å². The molecule has 42 heavy (non-hydrogen) atoms. The first-order chi connectivity index (χ1) is 20.1. The van der Waals surface area contributed by atoms with Crippen LogP contribution in [0.25, 0.3) is 0 Å². The van der Waals surface area contributed by atoms with Crippen LogP contribution >= 0.6 is 0 Å². The summed E-state index contributed by atoms with van der Waals surface area (Å²) < 4.78 is 5.77. The molecule has 0 aliphatic carbocycles. The molecule has 2 aromatic rings. The molecule has 7 nitrogen and oxygen atoms in total. The quantitative estimate of drug-likeness (QED) is 0.244. The summed E-state index contributed by atoms with van der Waals surface area (Å²) in [5.74, 6) is -1.82. The maximum atomic E-state index is 13.5. The van der Waals surface area contributed by atoms with E-state index in [-0.39, 0.29) is 49.4 Å². The van der Waals surface area contributed by atoms with Crippen LogP contribution in [0.3, 0.4) is 0 Å². The zero-order valence-electron chi connectivity index (χ0n) is 25.3. The van der Waals surface area contributed by atoms with E-state index in [4.69, 9.17) is 4.74 Å². The molecule has 3 rings (SSSR count). The SMILES string of the molecule is C=CC[C@H](CC(=O)N1Cc2ccccc2C[C@H]1CO)C(=O)N[C@H](COC(=O)[C@H](CC=C)Cc1ccccc1)C(C)(C)C. The number of rotatable bonds is 14. The average Bonchev–Trinajstić information content (AvgIpc) is 2.97. The number of amides is 2. The summed E-state index contributed by atoms with van der Waals surface area (Å²) in [5, 5.41) is 13.1. The fraction of sp³-hybridized carbons (Fsp3) is 0.457. The van der Waals surface area contributed by atoms with E-state index in [0.717, 1.165) is 16.7 Å². The van der Waals surface area contributed by atoms with Crippen molar-refractivity contribution >= 4 is 17.8 Å². The lowest BCUT2D eigenvalue weighted by Crippen LogP contribution is -2.51. The van der Waals surface area contributed by atoms with E-state index in [9.17, 15) is 19.5 Å². The van der Waals surface area contributed by atoms with Crippen molar-refractivity contribution in [3.8, 4) is 0 Å². The predicted octanol–water partition coefficient (Wildman–Crippen LogP) is 5.02. The van der Waals surface area contributed by atoms with E-state index in [1.54, 1.807) is 17.1 Å². The Balaban J connectivity index is 1.66. The molecular weight excluding hydrogens is 528 g/mol. The van der Waals surface area contributed by atoms with Gasteiger partial charge in [0.2, 0.25) is 11.8 Å². The van der Waals surface area contributed by atoms with Crippen LogP contribution in [0, 0.1) is 17.3 Å². The van der Waals surface area contributed by atoms with Crippen LogP contribution in [0.15, 0.2) is 79.9 Å². The molecule has 0 aromatic heterocycles. The molecule has 2 aromatic carbocycles. The molecule has 2 amide bonds. The number of hydrogen-bond donors (Lipinski definition) is 2. The van der Waals surface area contributed by atoms with Crippen molar-refractivity contribution in [1.82, 2.24) is 10.2 Å². The minimum absolute atomic E-state index is 0.00828. The number of nitrogens with one attached hydrogen (secondary N) is 1. The summed E-state index contributed by atoms with van der Waals surface area (Å²) in [6.07, 6.45) is 5.27. The number of carbonyl (C=O) groups is 3. The number of benzene rings is 2. The lowest BCUT2D eigenvalue weighted by atomic mass is 9.86. The van der Waals surface area contributed by atoms with Crippen LogP contribution in [0.4, 0.5) is 0 Å². The summed E-state index contributed by atoms with van der Waals surface area (Å²) in [4.78, 5) is 41.8. The second-order valence-corrected chi connectivity index (χ2v) is 12.2. The largest absolute Gasteiger partial charge is 0.463 e. The monoisotopic (exact) mass is 574 g/mol. The summed E-state index contributed by atoms with van der Waals surface area (Å²) in [6.45, 7) is 13.8. The van der Waals surface area contributed by atoms with Gasteiger partial charge in [-0.1, -0.05) is 87.5 Å². The van der Waals surface area contributed by atoms with Crippen molar-refractivity contribution < 1.29 is 24.2 Å². The lowest BCUT2D eigenvalue weighted by Gasteiger charge is -2.37. The first kappa shape index (κ1) is 32.8. The molecule has 0 fully saturated rings. The molecule has 0 saturated carbocycles. The Morgan fingerprint density at radius 3 is 2.24 bits per heavy atom. The Bertz CT molecular complexity index is 1220. The van der Waals surface area contributed by atoms with Gasteiger partial charge in [-0.25, -0.2) is 0 Å². The van der Waals surface area contributed by atoms with Gasteiger partial charge in [-0.15, -0.1) is 13.2 Å². The highest BCUT2D eigenvalue weighted by Crippen LogP contribution is 2.26. The minimum Gasteiger partial charge on any atom is -0.463 e. The Morgan fingerprint density at radius 1 is 1.00 bits per heavy atom. The maximum absolute atomic E-state index is 13.5. The highest BCUT2D eigenvalue weighted by Gasteiger charge is 2.34. The molecule has 0 radical (unpaired) electrons. The van der Waals surface area contributed by atoms with Crippen LogP contribution in [0.2, 0.25) is 0 Å². The fourth-order valence-electron chi connectivity index (χ4n) is 5.30. The van der Waals surface area contributed by atoms with Crippen molar-refractivity contribution in [1.29, 1.82) is 0 Å². The highest BCUT2D eigenvalue weighted by atomic mass is 16.5. The zero-order chi connectivity index (χ0) is 30.7. The number of aliphatic hydroxyl groups excluding tert-OH is 1. The van der Waals surface area contributed by atoms with Crippen LogP contribution in [0.1, 0.15) is 56.7 Å². The van der Waals surface area contributed by atoms with Gasteiger partial charge in [0, 0.05) is 13.0 Å². The number of nitrogens with zero attached hydrogens (tertiary/aromatic N) is 1. The van der Waals surface area contributed by atoms with Crippen molar-refractivity contribution in [3.63, 3.8) is 0 Å². The summed E-state index contributed by atoms with van der Waals surface area (Å²) in [5.41, 5.74) is 2.81. The van der Waals surface area contributed by atoms with E-state index < -0.39 is 17.4 Å². The molecule has 2 N–H and O–H groups in total. The van der Waals surface area contributed by atoms with E-state index in [1.165, 1.54) is 0 Å². The van der Waals surface area contributed by atoms with Crippen LogP contribution in [-0.4, -0.2) is 53.1 Å². The summed E-state index contributed by atoms with van der Waals surface area (Å²) >= 11 is 0. The molecule has 0 saturated heterocycles. The molecule has 226 valence electrons. The minimum atomic E-state index is -0.640. The zero-order valence-corrected chi connectivity index (χ0v) is 25.3. The lowest BCUT2D eigenvalue weighted by molar-refractivity contribution is -0.151. The standard InChI is InChI=1S/C35H46N2O5/c1-6-13-27(21-32(39)37-22-29-18-12-11-17-26(29)20-30(37)23-38)33(40)36-31(35(3,4)5)24-42-34(41)28(14-7-2)19-25-15-9-8-10-16-25/h6-12,15-18,27-28,30-31,38H,1-2,13-14,19-24H2,3-5H3,(H,36,40)/t27-,28-,30+,31-/m1/s1. The Hall–Kier alpha value is -3.71. The fourth-order valence-corrected chi connectivity index (χ4v) is 5.30. The van der Waals surface area contributed by atoms with Crippen molar-refractivity contribution in [2.45, 2.75) is 71.5 Å². The molecule has 0 bridgehead atoms. The van der Waals surface area contributed by atoms with Crippen molar-refractivity contribution in [2.24, 2.45) is 17.3 Å². The van der Waals surface area contributed by atoms with Crippen molar-refractivity contribution in [3.05, 3.63) is 96.6 Å².